The van der Waals surface area contributed by atoms with Gasteiger partial charge in [0.2, 0.25) is 0 Å². The van der Waals surface area contributed by atoms with Gasteiger partial charge in [-0.2, -0.15) is 0 Å². The fourth-order valence-electron chi connectivity index (χ4n) is 10.6. The van der Waals surface area contributed by atoms with Gasteiger partial charge < -0.3 is 19.3 Å². The highest BCUT2D eigenvalue weighted by molar-refractivity contribution is 6.14. The molecule has 4 heteroatoms. The molecule has 308 valence electrons. The molecule has 2 aliphatic heterocycles. The molecule has 3 aliphatic rings. The minimum absolute atomic E-state index is 0.115. The SMILES string of the molecule is CC1(C)c2ccccc2-c2ccc(N(c3ccccc3)c3ccc4c(c3)Oc3ccc5c6c(ccc-4c36)Oc3cc(N(c4ccccc4)c4ccccc4-c4ccccc4)ccc3-5)cc21. The van der Waals surface area contributed by atoms with Crippen molar-refractivity contribution >= 4 is 44.9 Å². The van der Waals surface area contributed by atoms with Crippen molar-refractivity contribution in [2.24, 2.45) is 0 Å². The van der Waals surface area contributed by atoms with Gasteiger partial charge in [0.25, 0.3) is 0 Å². The molecule has 0 amide bonds. The van der Waals surface area contributed by atoms with Crippen LogP contribution in [0.5, 0.6) is 23.0 Å². The van der Waals surface area contributed by atoms with Gasteiger partial charge in [-0.15, -0.1) is 0 Å². The molecule has 0 fully saturated rings. The number of rotatable bonds is 7. The maximum absolute atomic E-state index is 6.94. The van der Waals surface area contributed by atoms with Crippen LogP contribution >= 0.6 is 0 Å². The second-order valence-corrected chi connectivity index (χ2v) is 17.7. The highest BCUT2D eigenvalue weighted by atomic mass is 16.5. The fraction of sp³-hybridized carbons (Fsp3) is 0.0492. The summed E-state index contributed by atoms with van der Waals surface area (Å²) in [5, 5.41) is 2.13. The lowest BCUT2D eigenvalue weighted by molar-refractivity contribution is 0.480. The number of para-hydroxylation sites is 3. The Hall–Kier alpha value is -8.34. The normalized spacial score (nSPS) is 13.1. The molecule has 0 bridgehead atoms. The highest BCUT2D eigenvalue weighted by Crippen LogP contribution is 2.57. The van der Waals surface area contributed by atoms with E-state index in [1.165, 1.54) is 22.3 Å². The van der Waals surface area contributed by atoms with E-state index in [0.717, 1.165) is 101 Å². The maximum Gasteiger partial charge on any atom is 0.137 e. The molecule has 0 N–H and O–H groups in total. The zero-order valence-corrected chi connectivity index (χ0v) is 36.0. The van der Waals surface area contributed by atoms with Crippen molar-refractivity contribution in [2.45, 2.75) is 19.3 Å². The van der Waals surface area contributed by atoms with Gasteiger partial charge in [-0.05, 0) is 130 Å². The van der Waals surface area contributed by atoms with Gasteiger partial charge in [0.05, 0.1) is 5.69 Å². The smallest absolute Gasteiger partial charge is 0.137 e. The molecule has 10 aromatic carbocycles. The Bertz CT molecular complexity index is 3530. The summed E-state index contributed by atoms with van der Waals surface area (Å²) in [6, 6.07) is 78.0. The average Bonchev–Trinajstić information content (AvgIpc) is 3.59. The third-order valence-electron chi connectivity index (χ3n) is 13.6. The van der Waals surface area contributed by atoms with Crippen LogP contribution in [0.25, 0.3) is 55.3 Å². The summed E-state index contributed by atoms with van der Waals surface area (Å²) in [7, 11) is 0. The molecule has 0 saturated carbocycles. The molecule has 10 aromatic rings. The van der Waals surface area contributed by atoms with Crippen LogP contribution in [0.2, 0.25) is 0 Å². The summed E-state index contributed by atoms with van der Waals surface area (Å²) in [5.74, 6) is 3.29. The van der Waals surface area contributed by atoms with Gasteiger partial charge >= 0.3 is 0 Å². The van der Waals surface area contributed by atoms with E-state index in [1.54, 1.807) is 0 Å². The highest BCUT2D eigenvalue weighted by Gasteiger charge is 2.36. The molecular weight excluding hydrogens is 793 g/mol. The summed E-state index contributed by atoms with van der Waals surface area (Å²) in [6.07, 6.45) is 0. The molecule has 0 unspecified atom stereocenters. The van der Waals surface area contributed by atoms with Crippen LogP contribution < -0.4 is 19.3 Å². The van der Waals surface area contributed by atoms with E-state index in [-0.39, 0.29) is 5.41 Å². The lowest BCUT2D eigenvalue weighted by Gasteiger charge is -2.31. The van der Waals surface area contributed by atoms with Crippen molar-refractivity contribution < 1.29 is 9.47 Å². The van der Waals surface area contributed by atoms with Crippen LogP contribution in [0, 0.1) is 0 Å². The van der Waals surface area contributed by atoms with Gasteiger partial charge in [-0.3, -0.25) is 0 Å². The van der Waals surface area contributed by atoms with Gasteiger partial charge in [0.1, 0.15) is 23.0 Å². The Kier molecular flexibility index (Phi) is 8.22. The Labute approximate surface area is 378 Å². The largest absolute Gasteiger partial charge is 0.456 e. The first-order valence-corrected chi connectivity index (χ1v) is 22.3. The number of fused-ring (bicyclic) bond motifs is 7. The van der Waals surface area contributed by atoms with E-state index < -0.39 is 0 Å². The van der Waals surface area contributed by atoms with Crippen molar-refractivity contribution in [3.8, 4) is 67.5 Å². The van der Waals surface area contributed by atoms with E-state index in [4.69, 9.17) is 9.47 Å². The lowest BCUT2D eigenvalue weighted by Crippen LogP contribution is -2.16. The fourth-order valence-corrected chi connectivity index (χ4v) is 10.6. The zero-order valence-electron chi connectivity index (χ0n) is 36.0. The van der Waals surface area contributed by atoms with Gasteiger partial charge in [0, 0.05) is 73.4 Å². The van der Waals surface area contributed by atoms with Gasteiger partial charge in [-0.25, -0.2) is 0 Å². The van der Waals surface area contributed by atoms with Crippen molar-refractivity contribution in [1.82, 2.24) is 0 Å². The minimum Gasteiger partial charge on any atom is -0.456 e. The topological polar surface area (TPSA) is 24.9 Å². The standard InChI is InChI=1S/C61H42N2O2/c1-61(2)52-24-14-12-23-46(52)47-29-26-42(36-53(47)61)62(40-18-8-4-9-19-40)43-27-30-48-50-32-35-56-60-51(33-34-55(59(50)60)64-57(48)37-43)49-31-28-44(38-58(49)65-56)63(41-20-10-5-11-21-41)54-25-15-13-22-45(54)39-16-6-3-7-17-39/h3-38H,1-2H3. The molecule has 0 aromatic heterocycles. The van der Waals surface area contributed by atoms with Gasteiger partial charge in [-0.1, -0.05) is 129 Å². The molecule has 0 atom stereocenters. The zero-order chi connectivity index (χ0) is 43.2. The van der Waals surface area contributed by atoms with Crippen molar-refractivity contribution in [3.05, 3.63) is 230 Å². The van der Waals surface area contributed by atoms with E-state index in [1.807, 2.05) is 0 Å². The summed E-state index contributed by atoms with van der Waals surface area (Å²) in [6.45, 7) is 4.67. The first kappa shape index (κ1) is 37.2. The van der Waals surface area contributed by atoms with E-state index >= 15 is 0 Å². The average molecular weight is 835 g/mol. The van der Waals surface area contributed by atoms with Crippen LogP contribution in [0.1, 0.15) is 25.0 Å². The van der Waals surface area contributed by atoms with Crippen molar-refractivity contribution in [2.75, 3.05) is 9.80 Å². The minimum atomic E-state index is -0.115. The van der Waals surface area contributed by atoms with Crippen LogP contribution in [0.15, 0.2) is 218 Å². The third kappa shape index (κ3) is 5.77. The second kappa shape index (κ2) is 14.3. The molecule has 1 aliphatic carbocycles. The number of hydrogen-bond acceptors (Lipinski definition) is 4. The molecule has 0 saturated heterocycles. The quantitative estimate of drug-likeness (QED) is 0.160. The lowest BCUT2D eigenvalue weighted by atomic mass is 9.82. The Balaban J connectivity index is 0.895. The van der Waals surface area contributed by atoms with E-state index in [0.29, 0.717) is 0 Å². The second-order valence-electron chi connectivity index (χ2n) is 17.7. The maximum atomic E-state index is 6.94. The number of anilines is 6. The molecule has 65 heavy (non-hydrogen) atoms. The van der Waals surface area contributed by atoms with Crippen LogP contribution in [-0.2, 0) is 5.41 Å². The third-order valence-corrected chi connectivity index (χ3v) is 13.6. The van der Waals surface area contributed by atoms with E-state index in [2.05, 4.69) is 242 Å². The Morgan fingerprint density at radius 2 is 0.754 bits per heavy atom. The number of ether oxygens (including phenoxy) is 2. The number of benzene rings is 10. The molecule has 2 heterocycles. The molecule has 13 rings (SSSR count). The summed E-state index contributed by atoms with van der Waals surface area (Å²) in [4.78, 5) is 4.67. The number of nitrogens with zero attached hydrogens (tertiary/aromatic N) is 2. The van der Waals surface area contributed by atoms with Crippen LogP contribution in [0.4, 0.5) is 34.1 Å². The summed E-state index contributed by atoms with van der Waals surface area (Å²) >= 11 is 0. The summed E-state index contributed by atoms with van der Waals surface area (Å²) in [5.41, 5.74) is 18.3. The first-order chi connectivity index (χ1) is 32.0. The van der Waals surface area contributed by atoms with E-state index in [9.17, 15) is 0 Å². The predicted molar refractivity (Wildman–Crippen MR) is 267 cm³/mol. The molecule has 0 spiro atoms. The predicted octanol–water partition coefficient (Wildman–Crippen LogP) is 17.3. The monoisotopic (exact) mass is 834 g/mol. The number of hydrogen-bond donors (Lipinski definition) is 0. The molecular formula is C61H42N2O2. The first-order valence-electron chi connectivity index (χ1n) is 22.3. The molecule has 0 radical (unpaired) electrons. The van der Waals surface area contributed by atoms with Crippen LogP contribution in [0.3, 0.4) is 0 Å². The van der Waals surface area contributed by atoms with Crippen molar-refractivity contribution in [3.63, 3.8) is 0 Å². The Morgan fingerprint density at radius 1 is 0.308 bits per heavy atom. The van der Waals surface area contributed by atoms with Crippen molar-refractivity contribution in [1.29, 1.82) is 0 Å². The molecule has 4 nitrogen and oxygen atoms in total. The van der Waals surface area contributed by atoms with Gasteiger partial charge in [0.15, 0.2) is 0 Å². The summed E-state index contributed by atoms with van der Waals surface area (Å²) < 4.78 is 13.9. The van der Waals surface area contributed by atoms with Crippen LogP contribution in [-0.4, -0.2) is 0 Å². The Morgan fingerprint density at radius 3 is 1.37 bits per heavy atom.